The van der Waals surface area contributed by atoms with E-state index in [9.17, 15) is 9.59 Å². The lowest BCUT2D eigenvalue weighted by Crippen LogP contribution is -2.12. The number of Topliss-reactive ketones (excluding diaryl/α,β-unsaturated/α-hetero) is 1. The average molecular weight is 323 g/mol. The molecule has 0 fully saturated rings. The third-order valence-corrected chi connectivity index (χ3v) is 4.34. The minimum absolute atomic E-state index is 0.0355. The SMILES string of the molecule is CC(=O)c1sc(NC(=O)CCc2ccc(Cl)cc2)nc1C. The maximum atomic E-state index is 11.9. The van der Waals surface area contributed by atoms with Crippen molar-refractivity contribution in [2.45, 2.75) is 26.7 Å². The van der Waals surface area contributed by atoms with Crippen LogP contribution in [0.25, 0.3) is 0 Å². The molecular formula is C15H15ClN2O2S. The predicted octanol–water partition coefficient (Wildman–Crippen LogP) is 3.88. The number of anilines is 1. The van der Waals surface area contributed by atoms with Crippen molar-refractivity contribution >= 4 is 39.8 Å². The number of amides is 1. The molecule has 4 nitrogen and oxygen atoms in total. The number of aryl methyl sites for hydroxylation is 2. The summed E-state index contributed by atoms with van der Waals surface area (Å²) in [6.45, 7) is 3.25. The van der Waals surface area contributed by atoms with Crippen molar-refractivity contribution in [3.8, 4) is 0 Å². The number of ketones is 1. The van der Waals surface area contributed by atoms with Crippen molar-refractivity contribution in [1.29, 1.82) is 0 Å². The molecule has 1 amide bonds. The van der Waals surface area contributed by atoms with E-state index in [-0.39, 0.29) is 11.7 Å². The van der Waals surface area contributed by atoms with E-state index in [0.29, 0.717) is 33.6 Å². The molecule has 1 aromatic heterocycles. The Morgan fingerprint density at radius 1 is 1.29 bits per heavy atom. The number of rotatable bonds is 5. The zero-order valence-electron chi connectivity index (χ0n) is 11.8. The Balaban J connectivity index is 1.91. The normalized spacial score (nSPS) is 10.4. The molecule has 0 unspecified atom stereocenters. The van der Waals surface area contributed by atoms with Gasteiger partial charge in [0.25, 0.3) is 0 Å². The Hall–Kier alpha value is -1.72. The second kappa shape index (κ2) is 6.83. The van der Waals surface area contributed by atoms with E-state index in [1.165, 1.54) is 18.3 Å². The lowest BCUT2D eigenvalue weighted by Gasteiger charge is -2.02. The topological polar surface area (TPSA) is 59.1 Å². The Bertz CT molecular complexity index is 665. The van der Waals surface area contributed by atoms with E-state index < -0.39 is 0 Å². The van der Waals surface area contributed by atoms with Crippen LogP contribution in [-0.4, -0.2) is 16.7 Å². The number of hydrogen-bond acceptors (Lipinski definition) is 4. The van der Waals surface area contributed by atoms with Crippen LogP contribution in [0.5, 0.6) is 0 Å². The number of nitrogens with zero attached hydrogens (tertiary/aromatic N) is 1. The van der Waals surface area contributed by atoms with Crippen molar-refractivity contribution in [2.24, 2.45) is 0 Å². The molecule has 1 N–H and O–H groups in total. The Kier molecular flexibility index (Phi) is 5.09. The maximum absolute atomic E-state index is 11.9. The van der Waals surface area contributed by atoms with Crippen molar-refractivity contribution in [3.05, 3.63) is 45.4 Å². The fourth-order valence-corrected chi connectivity index (χ4v) is 2.87. The molecule has 0 atom stereocenters. The first-order valence-electron chi connectivity index (χ1n) is 6.48. The molecule has 0 saturated heterocycles. The van der Waals surface area contributed by atoms with Gasteiger partial charge in [0.2, 0.25) is 5.91 Å². The predicted molar refractivity (Wildman–Crippen MR) is 85.3 cm³/mol. The van der Waals surface area contributed by atoms with Gasteiger partial charge in [0.05, 0.1) is 10.6 Å². The van der Waals surface area contributed by atoms with Gasteiger partial charge in [-0.3, -0.25) is 9.59 Å². The average Bonchev–Trinajstić information content (AvgIpc) is 2.79. The minimum Gasteiger partial charge on any atom is -0.302 e. The van der Waals surface area contributed by atoms with Gasteiger partial charge in [0, 0.05) is 18.4 Å². The van der Waals surface area contributed by atoms with Crippen molar-refractivity contribution < 1.29 is 9.59 Å². The molecule has 6 heteroatoms. The summed E-state index contributed by atoms with van der Waals surface area (Å²) in [6.07, 6.45) is 0.989. The lowest BCUT2D eigenvalue weighted by atomic mass is 10.1. The summed E-state index contributed by atoms with van der Waals surface area (Å²) >= 11 is 7.02. The number of hydrogen-bond donors (Lipinski definition) is 1. The molecule has 0 aliphatic rings. The first-order chi connectivity index (χ1) is 9.95. The van der Waals surface area contributed by atoms with Crippen LogP contribution in [0.15, 0.2) is 24.3 Å². The van der Waals surface area contributed by atoms with E-state index in [1.54, 1.807) is 19.1 Å². The second-order valence-corrected chi connectivity index (χ2v) is 6.10. The fraction of sp³-hybridized carbons (Fsp3) is 0.267. The molecule has 110 valence electrons. The smallest absolute Gasteiger partial charge is 0.226 e. The molecule has 0 aliphatic carbocycles. The number of nitrogens with one attached hydrogen (secondary N) is 1. The quantitative estimate of drug-likeness (QED) is 0.850. The number of benzene rings is 1. The molecule has 0 saturated carbocycles. The van der Waals surface area contributed by atoms with Gasteiger partial charge in [0.1, 0.15) is 0 Å². The van der Waals surface area contributed by atoms with Crippen LogP contribution in [0.4, 0.5) is 5.13 Å². The molecule has 0 radical (unpaired) electrons. The lowest BCUT2D eigenvalue weighted by molar-refractivity contribution is -0.116. The van der Waals surface area contributed by atoms with E-state index in [4.69, 9.17) is 11.6 Å². The molecular weight excluding hydrogens is 308 g/mol. The van der Waals surface area contributed by atoms with Crippen molar-refractivity contribution in [3.63, 3.8) is 0 Å². The van der Waals surface area contributed by atoms with E-state index in [1.807, 2.05) is 12.1 Å². The zero-order valence-corrected chi connectivity index (χ0v) is 13.3. The highest BCUT2D eigenvalue weighted by atomic mass is 35.5. The zero-order chi connectivity index (χ0) is 15.4. The van der Waals surface area contributed by atoms with Crippen LogP contribution in [0.3, 0.4) is 0 Å². The summed E-state index contributed by atoms with van der Waals surface area (Å²) in [5.41, 5.74) is 1.70. The Morgan fingerprint density at radius 3 is 2.52 bits per heavy atom. The monoisotopic (exact) mass is 322 g/mol. The van der Waals surface area contributed by atoms with Gasteiger partial charge < -0.3 is 5.32 Å². The third-order valence-electron chi connectivity index (χ3n) is 2.92. The van der Waals surface area contributed by atoms with Gasteiger partial charge in [-0.25, -0.2) is 4.98 Å². The molecule has 0 aliphatic heterocycles. The van der Waals surface area contributed by atoms with Gasteiger partial charge >= 0.3 is 0 Å². The van der Waals surface area contributed by atoms with E-state index in [0.717, 1.165) is 5.56 Å². The molecule has 1 heterocycles. The first kappa shape index (κ1) is 15.7. The van der Waals surface area contributed by atoms with Gasteiger partial charge in [-0.1, -0.05) is 35.1 Å². The number of halogens is 1. The van der Waals surface area contributed by atoms with Gasteiger partial charge in [0.15, 0.2) is 10.9 Å². The largest absolute Gasteiger partial charge is 0.302 e. The molecule has 2 rings (SSSR count). The molecule has 0 bridgehead atoms. The van der Waals surface area contributed by atoms with Crippen LogP contribution in [-0.2, 0) is 11.2 Å². The highest BCUT2D eigenvalue weighted by Gasteiger charge is 2.13. The van der Waals surface area contributed by atoms with Crippen LogP contribution >= 0.6 is 22.9 Å². The number of aromatic nitrogens is 1. The highest BCUT2D eigenvalue weighted by molar-refractivity contribution is 7.17. The molecule has 2 aromatic rings. The summed E-state index contributed by atoms with van der Waals surface area (Å²) in [5, 5.41) is 3.88. The summed E-state index contributed by atoms with van der Waals surface area (Å²) < 4.78 is 0. The molecule has 21 heavy (non-hydrogen) atoms. The van der Waals surface area contributed by atoms with Gasteiger partial charge in [-0.05, 0) is 31.0 Å². The fourth-order valence-electron chi connectivity index (χ4n) is 1.87. The van der Waals surface area contributed by atoms with Crippen LogP contribution in [0.2, 0.25) is 5.02 Å². The third kappa shape index (κ3) is 4.37. The van der Waals surface area contributed by atoms with Crippen molar-refractivity contribution in [1.82, 2.24) is 4.98 Å². The summed E-state index contributed by atoms with van der Waals surface area (Å²) in [7, 11) is 0. The second-order valence-electron chi connectivity index (χ2n) is 4.66. The molecule has 0 spiro atoms. The Labute approximate surface area is 132 Å². The Morgan fingerprint density at radius 2 is 1.95 bits per heavy atom. The van der Waals surface area contributed by atoms with Crippen molar-refractivity contribution in [2.75, 3.05) is 5.32 Å². The van der Waals surface area contributed by atoms with E-state index >= 15 is 0 Å². The maximum Gasteiger partial charge on any atom is 0.226 e. The van der Waals surface area contributed by atoms with Gasteiger partial charge in [-0.2, -0.15) is 0 Å². The standard InChI is InChI=1S/C15H15ClN2O2S/c1-9-14(10(2)19)21-15(17-9)18-13(20)8-5-11-3-6-12(16)7-4-11/h3-4,6-7H,5,8H2,1-2H3,(H,17,18,20). The number of thiazole rings is 1. The molecule has 1 aromatic carbocycles. The van der Waals surface area contributed by atoms with Crippen LogP contribution < -0.4 is 5.32 Å². The van der Waals surface area contributed by atoms with Crippen LogP contribution in [0, 0.1) is 6.92 Å². The number of carbonyl (C=O) groups is 2. The summed E-state index contributed by atoms with van der Waals surface area (Å²) in [4.78, 5) is 28.0. The van der Waals surface area contributed by atoms with Crippen LogP contribution in [0.1, 0.15) is 34.3 Å². The first-order valence-corrected chi connectivity index (χ1v) is 7.68. The summed E-state index contributed by atoms with van der Waals surface area (Å²) in [6, 6.07) is 7.41. The summed E-state index contributed by atoms with van der Waals surface area (Å²) in [5.74, 6) is -0.152. The highest BCUT2D eigenvalue weighted by Crippen LogP contribution is 2.23. The van der Waals surface area contributed by atoms with Gasteiger partial charge in [-0.15, -0.1) is 0 Å². The van der Waals surface area contributed by atoms with E-state index in [2.05, 4.69) is 10.3 Å². The minimum atomic E-state index is -0.117. The number of carbonyl (C=O) groups excluding carboxylic acids is 2.